The molecule has 0 radical (unpaired) electrons. The van der Waals surface area contributed by atoms with Gasteiger partial charge in [-0.2, -0.15) is 10.1 Å². The first kappa shape index (κ1) is 22.8. The summed E-state index contributed by atoms with van der Waals surface area (Å²) in [7, 11) is 1.31. The van der Waals surface area contributed by atoms with Crippen LogP contribution in [0.2, 0.25) is 10.0 Å². The number of hydrogen-bond donors (Lipinski definition) is 2. The molecule has 0 spiro atoms. The molecule has 1 amide bonds. The maximum Gasteiger partial charge on any atom is 0.330 e. The van der Waals surface area contributed by atoms with Crippen LogP contribution in [0, 0.1) is 0 Å². The third-order valence-corrected chi connectivity index (χ3v) is 5.43. The lowest BCUT2D eigenvalue weighted by molar-refractivity contribution is -0.144. The molecule has 0 bridgehead atoms. The summed E-state index contributed by atoms with van der Waals surface area (Å²) in [5.41, 5.74) is 0.971. The number of ether oxygens (including phenoxy) is 2. The Morgan fingerprint density at radius 2 is 1.94 bits per heavy atom. The molecule has 2 aromatic heterocycles. The topological polar surface area (TPSA) is 120 Å². The molecule has 0 aliphatic heterocycles. The molecule has 1 fully saturated rings. The first-order chi connectivity index (χ1) is 15.9. The zero-order chi connectivity index (χ0) is 23.5. The average Bonchev–Trinajstić information content (AvgIpc) is 3.50. The second kappa shape index (κ2) is 9.63. The molecule has 2 N–H and O–H groups in total. The first-order valence-corrected chi connectivity index (χ1v) is 10.8. The number of carbonyl (C=O) groups excluding carboxylic acids is 2. The van der Waals surface area contributed by atoms with Gasteiger partial charge < -0.3 is 20.1 Å². The van der Waals surface area contributed by atoms with Crippen LogP contribution in [0.4, 0.5) is 17.3 Å². The molecule has 33 heavy (non-hydrogen) atoms. The highest BCUT2D eigenvalue weighted by Crippen LogP contribution is 2.32. The molecule has 1 saturated carbocycles. The fraction of sp³-hybridized carbons (Fsp3) is 0.286. The monoisotopic (exact) mass is 490 g/mol. The molecular formula is C21H20Cl2N6O4. The van der Waals surface area contributed by atoms with Crippen molar-refractivity contribution in [3.63, 3.8) is 0 Å². The van der Waals surface area contributed by atoms with Gasteiger partial charge in [-0.15, -0.1) is 0 Å². The van der Waals surface area contributed by atoms with Crippen molar-refractivity contribution in [2.45, 2.75) is 31.9 Å². The van der Waals surface area contributed by atoms with Gasteiger partial charge in [-0.05, 0) is 31.9 Å². The predicted molar refractivity (Wildman–Crippen MR) is 122 cm³/mol. The number of halogens is 2. The molecule has 4 rings (SSSR count). The Hall–Kier alpha value is -3.37. The maximum absolute atomic E-state index is 12.9. The highest BCUT2D eigenvalue weighted by molar-refractivity contribution is 6.40. The summed E-state index contributed by atoms with van der Waals surface area (Å²) in [5.74, 6) is -0.601. The Kier molecular flexibility index (Phi) is 6.66. The number of esters is 1. The number of para-hydroxylation sites is 1. The molecule has 0 unspecified atom stereocenters. The van der Waals surface area contributed by atoms with Crippen LogP contribution in [0.1, 0.15) is 36.2 Å². The van der Waals surface area contributed by atoms with E-state index in [1.165, 1.54) is 24.2 Å². The van der Waals surface area contributed by atoms with Crippen molar-refractivity contribution < 1.29 is 19.1 Å². The van der Waals surface area contributed by atoms with Crippen molar-refractivity contribution in [2.75, 3.05) is 17.7 Å². The molecule has 172 valence electrons. The van der Waals surface area contributed by atoms with E-state index in [0.717, 1.165) is 12.8 Å². The normalized spacial score (nSPS) is 13.8. The first-order valence-electron chi connectivity index (χ1n) is 10.0. The number of anilines is 3. The molecule has 12 heteroatoms. The van der Waals surface area contributed by atoms with Gasteiger partial charge in [0, 0.05) is 12.4 Å². The highest BCUT2D eigenvalue weighted by Gasteiger charge is 2.28. The third kappa shape index (κ3) is 5.35. The van der Waals surface area contributed by atoms with Crippen LogP contribution < -0.4 is 15.4 Å². The lowest BCUT2D eigenvalue weighted by Crippen LogP contribution is -2.18. The molecule has 1 atom stereocenters. The highest BCUT2D eigenvalue weighted by atomic mass is 35.5. The van der Waals surface area contributed by atoms with Crippen LogP contribution in [0.3, 0.4) is 0 Å². The predicted octanol–water partition coefficient (Wildman–Crippen LogP) is 4.25. The number of carbonyl (C=O) groups is 2. The van der Waals surface area contributed by atoms with Crippen molar-refractivity contribution in [2.24, 2.45) is 0 Å². The largest absolute Gasteiger partial charge is 0.474 e. The summed E-state index contributed by atoms with van der Waals surface area (Å²) in [6.45, 7) is 1.67. The van der Waals surface area contributed by atoms with E-state index in [2.05, 4.69) is 25.7 Å². The summed E-state index contributed by atoms with van der Waals surface area (Å²) in [6.07, 6.45) is 6.24. The van der Waals surface area contributed by atoms with E-state index in [1.54, 1.807) is 31.3 Å². The molecule has 1 aliphatic rings. The van der Waals surface area contributed by atoms with E-state index in [-0.39, 0.29) is 29.2 Å². The van der Waals surface area contributed by atoms with E-state index in [4.69, 9.17) is 32.7 Å². The van der Waals surface area contributed by atoms with Crippen LogP contribution in [-0.4, -0.2) is 44.8 Å². The minimum atomic E-state index is -0.595. The Labute approximate surface area is 199 Å². The zero-order valence-electron chi connectivity index (χ0n) is 17.7. The number of methoxy groups -OCH3 is 1. The summed E-state index contributed by atoms with van der Waals surface area (Å²) < 4.78 is 12.0. The molecule has 10 nitrogen and oxygen atoms in total. The van der Waals surface area contributed by atoms with Gasteiger partial charge in [0.25, 0.3) is 5.91 Å². The fourth-order valence-electron chi connectivity index (χ4n) is 2.84. The fourth-order valence-corrected chi connectivity index (χ4v) is 3.33. The van der Waals surface area contributed by atoms with Crippen LogP contribution in [0.15, 0.2) is 36.8 Å². The Bertz CT molecular complexity index is 1180. The second-order valence-corrected chi connectivity index (χ2v) is 8.13. The molecule has 1 aromatic carbocycles. The molecule has 0 saturated heterocycles. The van der Waals surface area contributed by atoms with Crippen molar-refractivity contribution in [1.82, 2.24) is 19.7 Å². The van der Waals surface area contributed by atoms with Crippen molar-refractivity contribution >= 4 is 52.4 Å². The van der Waals surface area contributed by atoms with Gasteiger partial charge in [0.1, 0.15) is 17.7 Å². The number of nitrogens with one attached hydrogen (secondary N) is 2. The van der Waals surface area contributed by atoms with Crippen LogP contribution in [-0.2, 0) is 9.53 Å². The van der Waals surface area contributed by atoms with Gasteiger partial charge in [-0.25, -0.2) is 9.78 Å². The van der Waals surface area contributed by atoms with Gasteiger partial charge in [-0.3, -0.25) is 9.48 Å². The minimum absolute atomic E-state index is 0.00754. The number of benzene rings is 1. The Morgan fingerprint density at radius 3 is 2.61 bits per heavy atom. The number of nitrogens with zero attached hydrogens (tertiary/aromatic N) is 4. The Balaban J connectivity index is 1.55. The standard InChI is InChI=1S/C21H20Cl2N6O4/c1-11(20(31)32-2)29-10-12(8-25-29)26-21-24-9-14(19(28-21)33-13-6-7-13)18(30)27-17-15(22)4-3-5-16(17)23/h3-5,8-11,13H,6-7H2,1-2H3,(H,27,30)(H,24,26,28)/t11-/m1/s1. The van der Waals surface area contributed by atoms with E-state index < -0.39 is 17.9 Å². The number of aromatic nitrogens is 4. The molecule has 2 heterocycles. The number of amides is 1. The van der Waals surface area contributed by atoms with Crippen LogP contribution >= 0.6 is 23.2 Å². The molecule has 3 aromatic rings. The zero-order valence-corrected chi connectivity index (χ0v) is 19.2. The van der Waals surface area contributed by atoms with Crippen LogP contribution in [0.5, 0.6) is 5.88 Å². The third-order valence-electron chi connectivity index (χ3n) is 4.80. The van der Waals surface area contributed by atoms with E-state index in [9.17, 15) is 9.59 Å². The lowest BCUT2D eigenvalue weighted by Gasteiger charge is -2.13. The van der Waals surface area contributed by atoms with Crippen molar-refractivity contribution in [3.05, 3.63) is 52.4 Å². The van der Waals surface area contributed by atoms with Gasteiger partial charge in [0.2, 0.25) is 11.8 Å². The van der Waals surface area contributed by atoms with Gasteiger partial charge in [0.05, 0.1) is 34.7 Å². The minimum Gasteiger partial charge on any atom is -0.474 e. The summed E-state index contributed by atoms with van der Waals surface area (Å²) in [4.78, 5) is 33.2. The number of hydrogen-bond acceptors (Lipinski definition) is 8. The van der Waals surface area contributed by atoms with E-state index in [1.807, 2.05) is 0 Å². The van der Waals surface area contributed by atoms with Gasteiger partial charge in [-0.1, -0.05) is 29.3 Å². The van der Waals surface area contributed by atoms with Crippen LogP contribution in [0.25, 0.3) is 0 Å². The van der Waals surface area contributed by atoms with Gasteiger partial charge >= 0.3 is 5.97 Å². The van der Waals surface area contributed by atoms with Gasteiger partial charge in [0.15, 0.2) is 0 Å². The molecular weight excluding hydrogens is 471 g/mol. The van der Waals surface area contributed by atoms with Crippen molar-refractivity contribution in [1.29, 1.82) is 0 Å². The Morgan fingerprint density at radius 1 is 1.21 bits per heavy atom. The summed E-state index contributed by atoms with van der Waals surface area (Å²) in [5, 5.41) is 10.4. The van der Waals surface area contributed by atoms with E-state index in [0.29, 0.717) is 15.7 Å². The summed E-state index contributed by atoms with van der Waals surface area (Å²) >= 11 is 12.3. The maximum atomic E-state index is 12.9. The van der Waals surface area contributed by atoms with Crippen molar-refractivity contribution in [3.8, 4) is 5.88 Å². The lowest BCUT2D eigenvalue weighted by atomic mass is 10.2. The smallest absolute Gasteiger partial charge is 0.330 e. The average molecular weight is 491 g/mol. The van der Waals surface area contributed by atoms with E-state index >= 15 is 0 Å². The second-order valence-electron chi connectivity index (χ2n) is 7.31. The molecule has 1 aliphatic carbocycles. The number of rotatable bonds is 8. The quantitative estimate of drug-likeness (QED) is 0.449. The SMILES string of the molecule is COC(=O)[C@@H](C)n1cc(Nc2ncc(C(=O)Nc3c(Cl)cccc3Cl)c(OC3CC3)n2)cn1. The summed E-state index contributed by atoms with van der Waals surface area (Å²) in [6, 6.07) is 4.33.